The van der Waals surface area contributed by atoms with Gasteiger partial charge in [-0.15, -0.1) is 0 Å². The number of likely N-dealkylation sites (N-methyl/N-ethyl adjacent to an activating group) is 2. The predicted octanol–water partition coefficient (Wildman–Crippen LogP) is -6.41. The number of hydrogen-bond acceptors (Lipinski definition) is 18. The van der Waals surface area contributed by atoms with Gasteiger partial charge in [-0.3, -0.25) is 57.5 Å². The fourth-order valence-corrected chi connectivity index (χ4v) is 9.14. The first-order valence-corrected chi connectivity index (χ1v) is 26.3. The molecule has 15 unspecified atom stereocenters. The lowest BCUT2D eigenvalue weighted by molar-refractivity contribution is -0.164. The minimum atomic E-state index is -2.15. The second kappa shape index (κ2) is 32.1. The van der Waals surface area contributed by atoms with E-state index in [1.165, 1.54) is 27.8 Å². The van der Waals surface area contributed by atoms with Gasteiger partial charge in [0.1, 0.15) is 54.4 Å². The molecule has 30 nitrogen and oxygen atoms in total. The molecule has 0 aliphatic carbocycles. The lowest BCUT2D eigenvalue weighted by Gasteiger charge is -2.38. The fraction of sp³-hybridized carbons (Fsp3) is 0.735. The number of esters is 1. The van der Waals surface area contributed by atoms with Gasteiger partial charge in [-0.25, -0.2) is 4.79 Å². The zero-order valence-corrected chi connectivity index (χ0v) is 46.5. The lowest BCUT2D eigenvalue weighted by Crippen LogP contribution is -2.64. The standard InChI is InChI=1S/C49H84N14O16/c1-10-22(2)20-28-47(75)62(8)30(16-17-32(51)65)42(70)61-37(38(78-9)40(54)68)46(74)58-29(21-33(52)66)48(76)63-19-12-11-15-31(63)49(77)79-26(6)36(60-43(71)34(55-7)23(3)24(4)39(53)67)45(73)59-35(25(5)64)44(72)56-27(14-13-18-50)41(69)57-28/h22-31,34-38,55,64H,10-21,50H2,1-9H3,(H2,51,65)(H2,52,66)(H2,53,67)(H2,54,68)(H,56,72)(H,57,69)(H,58,74)(H,59,73)(H,60,71)(H,61,70). The van der Waals surface area contributed by atoms with Crippen molar-refractivity contribution in [3.05, 3.63) is 0 Å². The molecular weight excluding hydrogens is 1040 g/mol. The molecule has 2 heterocycles. The van der Waals surface area contributed by atoms with Crippen molar-refractivity contribution in [2.24, 2.45) is 46.4 Å². The molecule has 15 atom stereocenters. The Morgan fingerprint density at radius 2 is 1.37 bits per heavy atom. The van der Waals surface area contributed by atoms with Gasteiger partial charge in [0.15, 0.2) is 6.10 Å². The topological polar surface area (TPSA) is 481 Å². The van der Waals surface area contributed by atoms with Gasteiger partial charge < -0.3 is 90.3 Å². The highest BCUT2D eigenvalue weighted by Crippen LogP contribution is 2.23. The van der Waals surface area contributed by atoms with E-state index in [0.717, 1.165) is 30.9 Å². The highest BCUT2D eigenvalue weighted by Gasteiger charge is 2.45. The maximum Gasteiger partial charge on any atom is 0.329 e. The Hall–Kier alpha value is -7.05. The summed E-state index contributed by atoms with van der Waals surface area (Å²) < 4.78 is 11.0. The van der Waals surface area contributed by atoms with Gasteiger partial charge in [-0.05, 0) is 84.2 Å². The van der Waals surface area contributed by atoms with Crippen LogP contribution in [0.3, 0.4) is 0 Å². The van der Waals surface area contributed by atoms with Crippen molar-refractivity contribution >= 4 is 76.9 Å². The van der Waals surface area contributed by atoms with E-state index in [-0.39, 0.29) is 51.1 Å². The maximum atomic E-state index is 14.7. The molecule has 30 heteroatoms. The number of rotatable bonds is 21. The summed E-state index contributed by atoms with van der Waals surface area (Å²) in [5.74, 6) is -16.1. The van der Waals surface area contributed by atoms with Gasteiger partial charge in [0.2, 0.25) is 70.9 Å². The zero-order valence-electron chi connectivity index (χ0n) is 46.5. The van der Waals surface area contributed by atoms with Gasteiger partial charge in [0, 0.05) is 33.0 Å². The molecule has 2 aliphatic heterocycles. The van der Waals surface area contributed by atoms with Crippen LogP contribution in [0.2, 0.25) is 0 Å². The lowest BCUT2D eigenvalue weighted by atomic mass is 9.87. The molecule has 0 radical (unpaired) electrons. The van der Waals surface area contributed by atoms with Gasteiger partial charge in [-0.1, -0.05) is 34.1 Å². The molecule has 0 bridgehead atoms. The summed E-state index contributed by atoms with van der Waals surface area (Å²) in [6, 6.07) is -15.3. The SMILES string of the molecule is CCC(C)CC1NC(=O)C(CCCN)NC(=O)C(C(C)O)NC(=O)C(NC(=O)C(NC)C(C)C(C)C(N)=O)C(C)OC(=O)C2CCCCN2C(=O)C(CC(N)=O)NC(=O)C(C(OC)C(N)=O)NC(=O)C(CCC(N)=O)N(C)C1=O. The van der Waals surface area contributed by atoms with Crippen LogP contribution >= 0.6 is 0 Å². The zero-order chi connectivity index (χ0) is 60.2. The minimum absolute atomic E-state index is 0.00451. The monoisotopic (exact) mass is 1120 g/mol. The van der Waals surface area contributed by atoms with Crippen LogP contribution < -0.4 is 65.9 Å². The Morgan fingerprint density at radius 3 is 1.90 bits per heavy atom. The van der Waals surface area contributed by atoms with Crippen molar-refractivity contribution in [2.45, 2.75) is 178 Å². The van der Waals surface area contributed by atoms with Gasteiger partial charge in [0.25, 0.3) is 0 Å². The number of piperidine rings is 1. The van der Waals surface area contributed by atoms with Crippen molar-refractivity contribution in [1.82, 2.24) is 47.0 Å². The molecule has 0 spiro atoms. The Kier molecular flexibility index (Phi) is 27.7. The second-order valence-electron chi connectivity index (χ2n) is 20.3. The number of aliphatic hydroxyl groups is 1. The molecule has 0 saturated carbocycles. The first-order chi connectivity index (χ1) is 37.0. The third-order valence-electron chi connectivity index (χ3n) is 14.3. The number of cyclic esters (lactones) is 1. The molecular formula is C49H84N14O16. The van der Waals surface area contributed by atoms with Crippen molar-refractivity contribution < 1.29 is 76.9 Å². The van der Waals surface area contributed by atoms with E-state index in [1.54, 1.807) is 13.8 Å². The van der Waals surface area contributed by atoms with Gasteiger partial charge >= 0.3 is 5.97 Å². The number of hydrogen-bond donors (Lipinski definition) is 13. The number of ether oxygens (including phenoxy) is 2. The smallest absolute Gasteiger partial charge is 0.329 e. The number of methoxy groups -OCH3 is 1. The third-order valence-corrected chi connectivity index (χ3v) is 14.3. The minimum Gasteiger partial charge on any atom is -0.458 e. The number of fused-ring (bicyclic) bond motifs is 1. The summed E-state index contributed by atoms with van der Waals surface area (Å²) in [7, 11) is 3.50. The first-order valence-electron chi connectivity index (χ1n) is 26.3. The predicted molar refractivity (Wildman–Crippen MR) is 280 cm³/mol. The Bertz CT molecular complexity index is 2220. The molecule has 0 aromatic carbocycles. The molecule has 79 heavy (non-hydrogen) atoms. The number of amides is 12. The normalized spacial score (nSPS) is 27.0. The van der Waals surface area contributed by atoms with Crippen LogP contribution in [0.15, 0.2) is 0 Å². The van der Waals surface area contributed by atoms with Crippen LogP contribution in [-0.4, -0.2) is 199 Å². The summed E-state index contributed by atoms with van der Waals surface area (Å²) in [6.45, 7) is 8.71. The summed E-state index contributed by atoms with van der Waals surface area (Å²) in [6.07, 6.45) is -6.53. The number of nitrogens with zero attached hydrogens (tertiary/aromatic N) is 2. The fourth-order valence-electron chi connectivity index (χ4n) is 9.14. The largest absolute Gasteiger partial charge is 0.458 e. The highest BCUT2D eigenvalue weighted by molar-refractivity contribution is 6.01. The van der Waals surface area contributed by atoms with E-state index in [1.807, 2.05) is 0 Å². The molecule has 0 aromatic rings. The molecule has 12 amide bonds. The van der Waals surface area contributed by atoms with E-state index in [9.17, 15) is 67.4 Å². The van der Waals surface area contributed by atoms with E-state index >= 15 is 0 Å². The van der Waals surface area contributed by atoms with E-state index < -0.39 is 181 Å². The van der Waals surface area contributed by atoms with E-state index in [4.69, 9.17) is 38.1 Å². The Morgan fingerprint density at radius 1 is 0.772 bits per heavy atom. The number of carbonyl (C=O) groups excluding carboxylic acids is 13. The average Bonchev–Trinajstić information content (AvgIpc) is 3.38. The molecule has 446 valence electrons. The van der Waals surface area contributed by atoms with Gasteiger partial charge in [-0.2, -0.15) is 0 Å². The summed E-state index contributed by atoms with van der Waals surface area (Å²) >= 11 is 0. The number of nitrogens with two attached hydrogens (primary N) is 5. The second-order valence-corrected chi connectivity index (χ2v) is 20.3. The number of aliphatic hydroxyl groups excluding tert-OH is 1. The van der Waals surface area contributed by atoms with Crippen LogP contribution in [0.25, 0.3) is 0 Å². The number of primary amides is 4. The summed E-state index contributed by atoms with van der Waals surface area (Å²) in [5, 5.41) is 28.4. The van der Waals surface area contributed by atoms with Crippen LogP contribution in [-0.2, 0) is 71.8 Å². The molecule has 0 aromatic heterocycles. The first kappa shape index (κ1) is 68.1. The van der Waals surface area contributed by atoms with Crippen molar-refractivity contribution in [1.29, 1.82) is 0 Å². The molecule has 2 fully saturated rings. The van der Waals surface area contributed by atoms with Crippen molar-refractivity contribution in [3.8, 4) is 0 Å². The van der Waals surface area contributed by atoms with Crippen LogP contribution in [0, 0.1) is 17.8 Å². The number of nitrogens with one attached hydrogen (secondary N) is 7. The molecule has 18 N–H and O–H groups in total. The summed E-state index contributed by atoms with van der Waals surface area (Å²) in [4.78, 5) is 181. The van der Waals surface area contributed by atoms with Gasteiger partial charge in [0.05, 0.1) is 18.6 Å². The van der Waals surface area contributed by atoms with E-state index in [2.05, 4.69) is 37.2 Å². The summed E-state index contributed by atoms with van der Waals surface area (Å²) in [5.41, 5.74) is 28.0. The number of carbonyl (C=O) groups is 13. The maximum absolute atomic E-state index is 14.7. The molecule has 2 aliphatic rings. The van der Waals surface area contributed by atoms with Crippen molar-refractivity contribution in [2.75, 3.05) is 34.3 Å². The quantitative estimate of drug-likeness (QED) is 0.0476. The Balaban J connectivity index is 3.04. The highest BCUT2D eigenvalue weighted by atomic mass is 16.5. The molecule has 2 saturated heterocycles. The molecule has 2 rings (SSSR count). The Labute approximate surface area is 458 Å². The average molecular weight is 1130 g/mol. The third kappa shape index (κ3) is 19.7. The van der Waals surface area contributed by atoms with E-state index in [0.29, 0.717) is 12.8 Å². The van der Waals surface area contributed by atoms with Crippen LogP contribution in [0.5, 0.6) is 0 Å². The van der Waals surface area contributed by atoms with Crippen molar-refractivity contribution in [3.63, 3.8) is 0 Å². The van der Waals surface area contributed by atoms with Crippen LogP contribution in [0.1, 0.15) is 106 Å². The van der Waals surface area contributed by atoms with Crippen LogP contribution in [0.4, 0.5) is 0 Å².